The smallest absolute Gasteiger partial charge is 0.246 e. The summed E-state index contributed by atoms with van der Waals surface area (Å²) in [5.74, 6) is 1.17. The predicted octanol–water partition coefficient (Wildman–Crippen LogP) is 3.74. The SMILES string of the molecule is CCOc1ccccc1/C=C/C(=O)N1CCC(C(=O)N2CCCCCC2)CC1. The van der Waals surface area contributed by atoms with E-state index in [2.05, 4.69) is 4.90 Å². The average molecular weight is 385 g/mol. The minimum absolute atomic E-state index is 0.00646. The molecule has 2 heterocycles. The van der Waals surface area contributed by atoms with Crippen molar-refractivity contribution in [2.24, 2.45) is 5.92 Å². The number of rotatable bonds is 5. The monoisotopic (exact) mass is 384 g/mol. The van der Waals surface area contributed by atoms with Gasteiger partial charge in [0.2, 0.25) is 11.8 Å². The number of amides is 2. The van der Waals surface area contributed by atoms with Crippen LogP contribution >= 0.6 is 0 Å². The van der Waals surface area contributed by atoms with E-state index in [1.807, 2.05) is 42.2 Å². The molecule has 5 heteroatoms. The number of hydrogen-bond donors (Lipinski definition) is 0. The normalized spacial score (nSPS) is 18.9. The first-order chi connectivity index (χ1) is 13.7. The molecule has 1 aromatic rings. The Morgan fingerprint density at radius 2 is 1.68 bits per heavy atom. The topological polar surface area (TPSA) is 49.9 Å². The Balaban J connectivity index is 1.51. The molecular formula is C23H32N2O3. The van der Waals surface area contributed by atoms with E-state index >= 15 is 0 Å². The van der Waals surface area contributed by atoms with Crippen LogP contribution < -0.4 is 4.74 Å². The number of carbonyl (C=O) groups excluding carboxylic acids is 2. The molecule has 0 spiro atoms. The number of carbonyl (C=O) groups is 2. The molecule has 3 rings (SSSR count). The Kier molecular flexibility index (Phi) is 7.52. The fourth-order valence-corrected chi connectivity index (χ4v) is 4.07. The molecule has 0 unspecified atom stereocenters. The Morgan fingerprint density at radius 3 is 2.36 bits per heavy atom. The van der Waals surface area contributed by atoms with Crippen LogP contribution in [-0.4, -0.2) is 54.4 Å². The second-order valence-corrected chi connectivity index (χ2v) is 7.64. The lowest BCUT2D eigenvalue weighted by Gasteiger charge is -2.33. The van der Waals surface area contributed by atoms with Gasteiger partial charge in [0.15, 0.2) is 0 Å². The van der Waals surface area contributed by atoms with Crippen LogP contribution in [0.25, 0.3) is 6.08 Å². The van der Waals surface area contributed by atoms with E-state index in [0.717, 1.165) is 50.1 Å². The van der Waals surface area contributed by atoms with E-state index in [-0.39, 0.29) is 11.8 Å². The molecule has 2 fully saturated rings. The molecule has 0 saturated carbocycles. The number of piperidine rings is 1. The van der Waals surface area contributed by atoms with E-state index in [1.54, 1.807) is 6.08 Å². The number of likely N-dealkylation sites (tertiary alicyclic amines) is 2. The summed E-state index contributed by atoms with van der Waals surface area (Å²) < 4.78 is 5.60. The molecule has 2 amide bonds. The Morgan fingerprint density at radius 1 is 1.00 bits per heavy atom. The van der Waals surface area contributed by atoms with Crippen LogP contribution in [0.15, 0.2) is 30.3 Å². The van der Waals surface area contributed by atoms with E-state index < -0.39 is 0 Å². The van der Waals surface area contributed by atoms with Crippen LogP contribution in [0, 0.1) is 5.92 Å². The molecule has 0 bridgehead atoms. The summed E-state index contributed by atoms with van der Waals surface area (Å²) in [6.07, 6.45) is 9.69. The van der Waals surface area contributed by atoms with Gasteiger partial charge in [0.05, 0.1) is 6.61 Å². The van der Waals surface area contributed by atoms with E-state index in [1.165, 1.54) is 12.8 Å². The summed E-state index contributed by atoms with van der Waals surface area (Å²) >= 11 is 0. The van der Waals surface area contributed by atoms with Gasteiger partial charge in [-0.3, -0.25) is 9.59 Å². The molecule has 0 aliphatic carbocycles. The lowest BCUT2D eigenvalue weighted by molar-refractivity contribution is -0.139. The van der Waals surface area contributed by atoms with Crippen LogP contribution in [0.2, 0.25) is 0 Å². The van der Waals surface area contributed by atoms with Gasteiger partial charge < -0.3 is 14.5 Å². The van der Waals surface area contributed by atoms with Crippen molar-refractivity contribution in [3.63, 3.8) is 0 Å². The third kappa shape index (κ3) is 5.37. The van der Waals surface area contributed by atoms with Crippen molar-refractivity contribution in [1.82, 2.24) is 9.80 Å². The molecular weight excluding hydrogens is 352 g/mol. The fraction of sp³-hybridized carbons (Fsp3) is 0.565. The second-order valence-electron chi connectivity index (χ2n) is 7.64. The quantitative estimate of drug-likeness (QED) is 0.727. The fourth-order valence-electron chi connectivity index (χ4n) is 4.07. The summed E-state index contributed by atoms with van der Waals surface area (Å²) in [7, 11) is 0. The van der Waals surface area contributed by atoms with Crippen LogP contribution in [0.4, 0.5) is 0 Å². The van der Waals surface area contributed by atoms with E-state index in [0.29, 0.717) is 25.6 Å². The first-order valence-corrected chi connectivity index (χ1v) is 10.7. The number of para-hydroxylation sites is 1. The summed E-state index contributed by atoms with van der Waals surface area (Å²) in [5.41, 5.74) is 0.906. The minimum Gasteiger partial charge on any atom is -0.493 e. The first kappa shape index (κ1) is 20.4. The first-order valence-electron chi connectivity index (χ1n) is 10.7. The highest BCUT2D eigenvalue weighted by Gasteiger charge is 2.29. The number of hydrogen-bond acceptors (Lipinski definition) is 3. The molecule has 28 heavy (non-hydrogen) atoms. The van der Waals surface area contributed by atoms with Crippen LogP contribution in [-0.2, 0) is 9.59 Å². The Hall–Kier alpha value is -2.30. The standard InChI is InChI=1S/C23H32N2O3/c1-2-28-21-10-6-5-9-19(21)11-12-22(26)24-17-13-20(14-18-24)23(27)25-15-7-3-4-8-16-25/h5-6,9-12,20H,2-4,7-8,13-18H2,1H3/b12-11+. The zero-order chi connectivity index (χ0) is 19.8. The molecule has 152 valence electrons. The van der Waals surface area contributed by atoms with Crippen molar-refractivity contribution in [3.05, 3.63) is 35.9 Å². The molecule has 0 radical (unpaired) electrons. The highest BCUT2D eigenvalue weighted by molar-refractivity contribution is 5.92. The molecule has 0 atom stereocenters. The van der Waals surface area contributed by atoms with Crippen molar-refractivity contribution in [3.8, 4) is 5.75 Å². The van der Waals surface area contributed by atoms with Gasteiger partial charge in [-0.2, -0.15) is 0 Å². The summed E-state index contributed by atoms with van der Waals surface area (Å²) in [5, 5.41) is 0. The van der Waals surface area contributed by atoms with Gasteiger partial charge in [0.25, 0.3) is 0 Å². The molecule has 2 saturated heterocycles. The van der Waals surface area contributed by atoms with Crippen molar-refractivity contribution >= 4 is 17.9 Å². The van der Waals surface area contributed by atoms with Gasteiger partial charge >= 0.3 is 0 Å². The van der Waals surface area contributed by atoms with E-state index in [4.69, 9.17) is 4.74 Å². The van der Waals surface area contributed by atoms with Crippen LogP contribution in [0.1, 0.15) is 51.0 Å². The molecule has 0 aromatic heterocycles. The molecule has 2 aliphatic rings. The zero-order valence-electron chi connectivity index (χ0n) is 16.9. The maximum Gasteiger partial charge on any atom is 0.246 e. The van der Waals surface area contributed by atoms with Gasteiger partial charge in [0.1, 0.15) is 5.75 Å². The predicted molar refractivity (Wildman–Crippen MR) is 111 cm³/mol. The number of benzene rings is 1. The van der Waals surface area contributed by atoms with Crippen LogP contribution in [0.3, 0.4) is 0 Å². The number of nitrogens with zero attached hydrogens (tertiary/aromatic N) is 2. The Bertz CT molecular complexity index is 685. The van der Waals surface area contributed by atoms with Gasteiger partial charge in [-0.25, -0.2) is 0 Å². The van der Waals surface area contributed by atoms with Gasteiger partial charge in [-0.05, 0) is 44.7 Å². The van der Waals surface area contributed by atoms with Gasteiger partial charge in [-0.15, -0.1) is 0 Å². The highest BCUT2D eigenvalue weighted by Crippen LogP contribution is 2.23. The molecule has 0 N–H and O–H groups in total. The third-order valence-corrected chi connectivity index (χ3v) is 5.70. The summed E-state index contributed by atoms with van der Waals surface area (Å²) in [6, 6.07) is 7.72. The highest BCUT2D eigenvalue weighted by atomic mass is 16.5. The van der Waals surface area contributed by atoms with E-state index in [9.17, 15) is 9.59 Å². The summed E-state index contributed by atoms with van der Waals surface area (Å²) in [4.78, 5) is 29.3. The second kappa shape index (κ2) is 10.3. The largest absolute Gasteiger partial charge is 0.493 e. The molecule has 2 aliphatic heterocycles. The van der Waals surface area contributed by atoms with Crippen molar-refractivity contribution in [1.29, 1.82) is 0 Å². The lowest BCUT2D eigenvalue weighted by Crippen LogP contribution is -2.44. The van der Waals surface area contributed by atoms with Gasteiger partial charge in [0, 0.05) is 43.7 Å². The van der Waals surface area contributed by atoms with Crippen LogP contribution in [0.5, 0.6) is 5.75 Å². The summed E-state index contributed by atoms with van der Waals surface area (Å²) in [6.45, 7) is 5.65. The average Bonchev–Trinajstić information content (AvgIpc) is 3.02. The number of ether oxygens (including phenoxy) is 1. The molecule has 1 aromatic carbocycles. The minimum atomic E-state index is 0.00646. The third-order valence-electron chi connectivity index (χ3n) is 5.70. The van der Waals surface area contributed by atoms with Crippen molar-refractivity contribution in [2.75, 3.05) is 32.8 Å². The molecule has 5 nitrogen and oxygen atoms in total. The maximum atomic E-state index is 12.8. The van der Waals surface area contributed by atoms with Crippen molar-refractivity contribution < 1.29 is 14.3 Å². The van der Waals surface area contributed by atoms with Gasteiger partial charge in [-0.1, -0.05) is 31.0 Å². The Labute approximate surface area is 168 Å². The maximum absolute atomic E-state index is 12.8. The lowest BCUT2D eigenvalue weighted by atomic mass is 9.95. The zero-order valence-corrected chi connectivity index (χ0v) is 16.9. The van der Waals surface area contributed by atoms with Crippen molar-refractivity contribution in [2.45, 2.75) is 45.4 Å².